The fourth-order valence-corrected chi connectivity index (χ4v) is 1.47. The number of hydrogen-bond donors (Lipinski definition) is 1. The van der Waals surface area contributed by atoms with Crippen molar-refractivity contribution in [1.82, 2.24) is 9.97 Å². The summed E-state index contributed by atoms with van der Waals surface area (Å²) in [6.45, 7) is 0. The van der Waals surface area contributed by atoms with Crippen molar-refractivity contribution < 1.29 is 0 Å². The molecule has 0 fully saturated rings. The molecule has 2 aromatic rings. The quantitative estimate of drug-likeness (QED) is 0.818. The highest BCUT2D eigenvalue weighted by atomic mass is 14.8. The molecule has 0 aromatic carbocycles. The van der Waals surface area contributed by atoms with Gasteiger partial charge in [-0.25, -0.2) is 0 Å². The normalized spacial score (nSPS) is 12.3. The summed E-state index contributed by atoms with van der Waals surface area (Å²) >= 11 is 0. The van der Waals surface area contributed by atoms with Crippen LogP contribution in [-0.4, -0.2) is 9.97 Å². The van der Waals surface area contributed by atoms with Gasteiger partial charge >= 0.3 is 0 Å². The van der Waals surface area contributed by atoms with E-state index in [1.807, 2.05) is 36.5 Å². The molecule has 2 aromatic heterocycles. The van der Waals surface area contributed by atoms with E-state index in [-0.39, 0.29) is 6.04 Å². The molecule has 1 atom stereocenters. The lowest BCUT2D eigenvalue weighted by atomic mass is 10.1. The van der Waals surface area contributed by atoms with Crippen molar-refractivity contribution >= 4 is 0 Å². The fourth-order valence-electron chi connectivity index (χ4n) is 1.47. The number of hydrogen-bond acceptors (Lipinski definition) is 3. The predicted molar refractivity (Wildman–Crippen MR) is 59.1 cm³/mol. The van der Waals surface area contributed by atoms with E-state index in [0.717, 1.165) is 17.7 Å². The molecular formula is C12H13N3. The minimum absolute atomic E-state index is 0.0598. The maximum atomic E-state index is 6.04. The summed E-state index contributed by atoms with van der Waals surface area (Å²) in [7, 11) is 0. The zero-order valence-electron chi connectivity index (χ0n) is 8.38. The highest BCUT2D eigenvalue weighted by molar-refractivity contribution is 5.15. The Morgan fingerprint density at radius 3 is 2.73 bits per heavy atom. The minimum atomic E-state index is -0.0598. The molecule has 76 valence electrons. The first-order valence-corrected chi connectivity index (χ1v) is 4.91. The van der Waals surface area contributed by atoms with E-state index in [9.17, 15) is 0 Å². The van der Waals surface area contributed by atoms with Gasteiger partial charge in [0.15, 0.2) is 0 Å². The van der Waals surface area contributed by atoms with Crippen LogP contribution in [0.2, 0.25) is 0 Å². The van der Waals surface area contributed by atoms with Gasteiger partial charge in [-0.3, -0.25) is 9.97 Å². The Hall–Kier alpha value is -1.74. The molecule has 0 saturated heterocycles. The van der Waals surface area contributed by atoms with Gasteiger partial charge in [0, 0.05) is 18.6 Å². The average Bonchev–Trinajstić information content (AvgIpc) is 2.31. The van der Waals surface area contributed by atoms with Crippen molar-refractivity contribution in [3.8, 4) is 0 Å². The molecule has 0 aliphatic heterocycles. The fraction of sp³-hybridized carbons (Fsp3) is 0.167. The SMILES string of the molecule is NC(Cc1cccnc1)c1ccccn1. The predicted octanol–water partition coefficient (Wildman–Crippen LogP) is 1.72. The Labute approximate surface area is 89.0 Å². The maximum Gasteiger partial charge on any atom is 0.0574 e. The smallest absolute Gasteiger partial charge is 0.0574 e. The van der Waals surface area contributed by atoms with Gasteiger partial charge in [0.25, 0.3) is 0 Å². The molecule has 2 rings (SSSR count). The number of pyridine rings is 2. The van der Waals surface area contributed by atoms with Gasteiger partial charge in [-0.15, -0.1) is 0 Å². The summed E-state index contributed by atoms with van der Waals surface area (Å²) in [5, 5.41) is 0. The summed E-state index contributed by atoms with van der Waals surface area (Å²) in [5.41, 5.74) is 8.09. The molecule has 0 radical (unpaired) electrons. The number of nitrogens with zero attached hydrogens (tertiary/aromatic N) is 2. The van der Waals surface area contributed by atoms with Gasteiger partial charge < -0.3 is 5.73 Å². The Kier molecular flexibility index (Phi) is 3.05. The van der Waals surface area contributed by atoms with E-state index < -0.39 is 0 Å². The third-order valence-electron chi connectivity index (χ3n) is 2.25. The molecule has 0 amide bonds. The van der Waals surface area contributed by atoms with Crippen molar-refractivity contribution in [2.24, 2.45) is 5.73 Å². The van der Waals surface area contributed by atoms with E-state index in [1.54, 1.807) is 12.4 Å². The van der Waals surface area contributed by atoms with Crippen molar-refractivity contribution in [2.45, 2.75) is 12.5 Å². The summed E-state index contributed by atoms with van der Waals surface area (Å²) in [6.07, 6.45) is 6.13. The summed E-state index contributed by atoms with van der Waals surface area (Å²) in [5.74, 6) is 0. The van der Waals surface area contributed by atoms with Crippen LogP contribution in [0, 0.1) is 0 Å². The monoisotopic (exact) mass is 199 g/mol. The molecule has 0 aliphatic rings. The topological polar surface area (TPSA) is 51.8 Å². The van der Waals surface area contributed by atoms with Gasteiger partial charge in [-0.1, -0.05) is 12.1 Å². The lowest BCUT2D eigenvalue weighted by Gasteiger charge is -2.10. The zero-order valence-corrected chi connectivity index (χ0v) is 8.38. The van der Waals surface area contributed by atoms with Gasteiger partial charge in [-0.2, -0.15) is 0 Å². The summed E-state index contributed by atoms with van der Waals surface area (Å²) < 4.78 is 0. The molecule has 3 nitrogen and oxygen atoms in total. The van der Waals surface area contributed by atoms with Crippen LogP contribution >= 0.6 is 0 Å². The first kappa shape index (κ1) is 9.80. The van der Waals surface area contributed by atoms with Crippen LogP contribution in [0.5, 0.6) is 0 Å². The van der Waals surface area contributed by atoms with Crippen LogP contribution in [0.4, 0.5) is 0 Å². The number of rotatable bonds is 3. The summed E-state index contributed by atoms with van der Waals surface area (Å²) in [6, 6.07) is 9.67. The highest BCUT2D eigenvalue weighted by Gasteiger charge is 2.07. The van der Waals surface area contributed by atoms with Crippen molar-refractivity contribution in [3.63, 3.8) is 0 Å². The molecule has 0 aliphatic carbocycles. The standard InChI is InChI=1S/C12H13N3/c13-11(12-5-1-2-7-15-12)8-10-4-3-6-14-9-10/h1-7,9,11H,8,13H2. The molecule has 1 unspecified atom stereocenters. The molecule has 0 saturated carbocycles. The van der Waals surface area contributed by atoms with E-state index in [2.05, 4.69) is 9.97 Å². The van der Waals surface area contributed by atoms with Crippen LogP contribution in [0.3, 0.4) is 0 Å². The second kappa shape index (κ2) is 4.66. The minimum Gasteiger partial charge on any atom is -0.322 e. The highest BCUT2D eigenvalue weighted by Crippen LogP contribution is 2.12. The lowest BCUT2D eigenvalue weighted by molar-refractivity contribution is 0.694. The largest absolute Gasteiger partial charge is 0.322 e. The molecule has 2 N–H and O–H groups in total. The zero-order chi connectivity index (χ0) is 10.5. The third-order valence-corrected chi connectivity index (χ3v) is 2.25. The first-order chi connectivity index (χ1) is 7.36. The van der Waals surface area contributed by atoms with Crippen LogP contribution in [0.15, 0.2) is 48.9 Å². The Bertz CT molecular complexity index is 400. The molecule has 0 spiro atoms. The van der Waals surface area contributed by atoms with Crippen LogP contribution in [0.25, 0.3) is 0 Å². The number of nitrogens with two attached hydrogens (primary N) is 1. The molecule has 3 heteroatoms. The van der Waals surface area contributed by atoms with Crippen LogP contribution in [0.1, 0.15) is 17.3 Å². The Balaban J connectivity index is 2.08. The van der Waals surface area contributed by atoms with E-state index >= 15 is 0 Å². The number of aromatic nitrogens is 2. The van der Waals surface area contributed by atoms with E-state index in [4.69, 9.17) is 5.73 Å². The first-order valence-electron chi connectivity index (χ1n) is 4.91. The molecule has 15 heavy (non-hydrogen) atoms. The van der Waals surface area contributed by atoms with Gasteiger partial charge in [0.1, 0.15) is 0 Å². The molecule has 2 heterocycles. The maximum absolute atomic E-state index is 6.04. The van der Waals surface area contributed by atoms with E-state index in [1.165, 1.54) is 0 Å². The average molecular weight is 199 g/mol. The third kappa shape index (κ3) is 2.60. The van der Waals surface area contributed by atoms with Gasteiger partial charge in [-0.05, 0) is 30.2 Å². The molecule has 0 bridgehead atoms. The van der Waals surface area contributed by atoms with Crippen LogP contribution in [-0.2, 0) is 6.42 Å². The van der Waals surface area contributed by atoms with Crippen LogP contribution < -0.4 is 5.73 Å². The van der Waals surface area contributed by atoms with Crippen molar-refractivity contribution in [1.29, 1.82) is 0 Å². The van der Waals surface area contributed by atoms with Crippen molar-refractivity contribution in [2.75, 3.05) is 0 Å². The Morgan fingerprint density at radius 1 is 1.13 bits per heavy atom. The van der Waals surface area contributed by atoms with Gasteiger partial charge in [0.05, 0.1) is 11.7 Å². The second-order valence-electron chi connectivity index (χ2n) is 3.43. The lowest BCUT2D eigenvalue weighted by Crippen LogP contribution is -2.14. The summed E-state index contributed by atoms with van der Waals surface area (Å²) in [4.78, 5) is 8.28. The molecular weight excluding hydrogens is 186 g/mol. The van der Waals surface area contributed by atoms with Gasteiger partial charge in [0.2, 0.25) is 0 Å². The Morgan fingerprint density at radius 2 is 2.07 bits per heavy atom. The van der Waals surface area contributed by atoms with E-state index in [0.29, 0.717) is 0 Å². The van der Waals surface area contributed by atoms with Crippen molar-refractivity contribution in [3.05, 3.63) is 60.2 Å². The second-order valence-corrected chi connectivity index (χ2v) is 3.43.